The molecule has 0 saturated carbocycles. The molecular weight excluding hydrogens is 384 g/mol. The number of hydrogen-bond acceptors (Lipinski definition) is 8. The van der Waals surface area contributed by atoms with E-state index in [9.17, 15) is 19.7 Å². The zero-order chi connectivity index (χ0) is 20.8. The summed E-state index contributed by atoms with van der Waals surface area (Å²) in [6.45, 7) is -0.562. The highest BCUT2D eigenvalue weighted by Gasteiger charge is 2.22. The van der Waals surface area contributed by atoms with Crippen molar-refractivity contribution in [3.8, 4) is 17.2 Å². The molecule has 2 aromatic carbocycles. The average molecular weight is 400 g/mol. The Hall–Kier alpha value is -4.08. The second-order valence-electron chi connectivity index (χ2n) is 5.74. The summed E-state index contributed by atoms with van der Waals surface area (Å²) in [4.78, 5) is 34.3. The smallest absolute Gasteiger partial charge is 0.331 e. The van der Waals surface area contributed by atoms with E-state index in [0.717, 1.165) is 6.08 Å². The highest BCUT2D eigenvalue weighted by atomic mass is 16.7. The maximum absolute atomic E-state index is 11.9. The van der Waals surface area contributed by atoms with Crippen LogP contribution in [0.25, 0.3) is 6.08 Å². The van der Waals surface area contributed by atoms with E-state index in [0.29, 0.717) is 17.2 Å². The van der Waals surface area contributed by atoms with Crippen molar-refractivity contribution >= 4 is 29.3 Å². The van der Waals surface area contributed by atoms with Crippen LogP contribution in [0.5, 0.6) is 17.2 Å². The third-order valence-electron chi connectivity index (χ3n) is 3.82. The number of nitrogens with one attached hydrogen (secondary N) is 1. The number of amides is 1. The second kappa shape index (κ2) is 8.74. The second-order valence-corrected chi connectivity index (χ2v) is 5.74. The molecule has 1 aliphatic rings. The molecular formula is C19H16N2O8. The van der Waals surface area contributed by atoms with Crippen LogP contribution in [0.3, 0.4) is 0 Å². The summed E-state index contributed by atoms with van der Waals surface area (Å²) in [5.41, 5.74) is 0.364. The number of nitro benzene ring substituents is 1. The van der Waals surface area contributed by atoms with Crippen molar-refractivity contribution < 1.29 is 33.5 Å². The van der Waals surface area contributed by atoms with Gasteiger partial charge in [-0.1, -0.05) is 6.07 Å². The summed E-state index contributed by atoms with van der Waals surface area (Å²) >= 11 is 0. The van der Waals surface area contributed by atoms with E-state index in [4.69, 9.17) is 18.9 Å². The molecule has 10 heteroatoms. The Morgan fingerprint density at radius 1 is 1.24 bits per heavy atom. The van der Waals surface area contributed by atoms with Crippen LogP contribution in [0.2, 0.25) is 0 Å². The van der Waals surface area contributed by atoms with Gasteiger partial charge in [-0.2, -0.15) is 0 Å². The molecule has 0 bridgehead atoms. The van der Waals surface area contributed by atoms with E-state index in [2.05, 4.69) is 5.32 Å². The summed E-state index contributed by atoms with van der Waals surface area (Å²) in [5, 5.41) is 13.8. The number of benzene rings is 2. The standard InChI is InChI=1S/C19H16N2O8/c1-26-14-4-2-3-13(8-14)20-18(22)10-27-19(23)6-5-12-7-16-17(29-11-28-16)9-15(12)21(24)25/h2-9H,10-11H2,1H3,(H,20,22)/b6-5+. The number of carbonyl (C=O) groups excluding carboxylic acids is 2. The highest BCUT2D eigenvalue weighted by molar-refractivity contribution is 5.95. The average Bonchev–Trinajstić information content (AvgIpc) is 3.17. The summed E-state index contributed by atoms with van der Waals surface area (Å²) in [7, 11) is 1.50. The Kier molecular flexibility index (Phi) is 5.93. The molecule has 0 aromatic heterocycles. The van der Waals surface area contributed by atoms with Gasteiger partial charge in [0.05, 0.1) is 23.7 Å². The van der Waals surface area contributed by atoms with Crippen molar-refractivity contribution in [1.29, 1.82) is 0 Å². The largest absolute Gasteiger partial charge is 0.497 e. The fraction of sp³-hybridized carbons (Fsp3) is 0.158. The molecule has 2 aromatic rings. The molecule has 3 rings (SSSR count). The van der Waals surface area contributed by atoms with Crippen molar-refractivity contribution in [1.82, 2.24) is 0 Å². The molecule has 0 spiro atoms. The fourth-order valence-corrected chi connectivity index (χ4v) is 2.48. The van der Waals surface area contributed by atoms with Gasteiger partial charge in [0.15, 0.2) is 18.1 Å². The van der Waals surface area contributed by atoms with Crippen molar-refractivity contribution in [3.63, 3.8) is 0 Å². The van der Waals surface area contributed by atoms with Gasteiger partial charge in [0.2, 0.25) is 6.79 Å². The summed E-state index contributed by atoms with van der Waals surface area (Å²) < 4.78 is 20.2. The van der Waals surface area contributed by atoms with Crippen LogP contribution in [0.15, 0.2) is 42.5 Å². The quantitative estimate of drug-likeness (QED) is 0.325. The lowest BCUT2D eigenvalue weighted by Crippen LogP contribution is -2.20. The first kappa shape index (κ1) is 19.7. The van der Waals surface area contributed by atoms with E-state index in [1.807, 2.05) is 0 Å². The minimum atomic E-state index is -0.835. The molecule has 0 saturated heterocycles. The predicted molar refractivity (Wildman–Crippen MR) is 101 cm³/mol. The number of fused-ring (bicyclic) bond motifs is 1. The van der Waals surface area contributed by atoms with Crippen LogP contribution in [-0.4, -0.2) is 37.3 Å². The number of hydrogen-bond donors (Lipinski definition) is 1. The number of esters is 1. The number of methoxy groups -OCH3 is 1. The molecule has 0 radical (unpaired) electrons. The van der Waals surface area contributed by atoms with Crippen LogP contribution in [0.4, 0.5) is 11.4 Å². The summed E-state index contributed by atoms with van der Waals surface area (Å²) in [6.07, 6.45) is 2.20. The number of nitrogens with zero attached hydrogens (tertiary/aromatic N) is 1. The minimum absolute atomic E-state index is 0.0376. The van der Waals surface area contributed by atoms with Gasteiger partial charge in [-0.05, 0) is 24.3 Å². The first-order valence-electron chi connectivity index (χ1n) is 8.33. The van der Waals surface area contributed by atoms with Crippen LogP contribution < -0.4 is 19.5 Å². The number of rotatable bonds is 7. The highest BCUT2D eigenvalue weighted by Crippen LogP contribution is 2.38. The Balaban J connectivity index is 1.58. The number of ether oxygens (including phenoxy) is 4. The normalized spacial score (nSPS) is 11.9. The Morgan fingerprint density at radius 2 is 2.00 bits per heavy atom. The first-order chi connectivity index (χ1) is 14.0. The van der Waals surface area contributed by atoms with E-state index in [1.165, 1.54) is 25.3 Å². The van der Waals surface area contributed by atoms with Crippen molar-refractivity contribution in [3.05, 3.63) is 58.2 Å². The predicted octanol–water partition coefficient (Wildman–Crippen LogP) is 2.53. The van der Waals surface area contributed by atoms with E-state index >= 15 is 0 Å². The Labute approximate surface area is 164 Å². The molecule has 29 heavy (non-hydrogen) atoms. The van der Waals surface area contributed by atoms with Gasteiger partial charge in [-0.15, -0.1) is 0 Å². The number of anilines is 1. The van der Waals surface area contributed by atoms with Crippen LogP contribution in [0, 0.1) is 10.1 Å². The van der Waals surface area contributed by atoms with Crippen LogP contribution >= 0.6 is 0 Å². The van der Waals surface area contributed by atoms with Gasteiger partial charge < -0.3 is 24.3 Å². The van der Waals surface area contributed by atoms with Gasteiger partial charge in [0.1, 0.15) is 5.75 Å². The topological polar surface area (TPSA) is 126 Å². The lowest BCUT2D eigenvalue weighted by molar-refractivity contribution is -0.385. The van der Waals surface area contributed by atoms with Crippen molar-refractivity contribution in [2.75, 3.05) is 25.8 Å². The van der Waals surface area contributed by atoms with Crippen molar-refractivity contribution in [2.24, 2.45) is 0 Å². The summed E-state index contributed by atoms with van der Waals surface area (Å²) in [6, 6.07) is 9.28. The molecule has 0 atom stereocenters. The zero-order valence-corrected chi connectivity index (χ0v) is 15.2. The molecule has 1 heterocycles. The maximum atomic E-state index is 11.9. The minimum Gasteiger partial charge on any atom is -0.497 e. The number of nitro groups is 1. The molecule has 1 N–H and O–H groups in total. The lowest BCUT2D eigenvalue weighted by atomic mass is 10.1. The van der Waals surface area contributed by atoms with Crippen LogP contribution in [0.1, 0.15) is 5.56 Å². The van der Waals surface area contributed by atoms with E-state index in [-0.39, 0.29) is 23.8 Å². The van der Waals surface area contributed by atoms with Gasteiger partial charge in [-0.3, -0.25) is 14.9 Å². The van der Waals surface area contributed by atoms with Crippen LogP contribution in [-0.2, 0) is 14.3 Å². The Morgan fingerprint density at radius 3 is 2.72 bits per heavy atom. The molecule has 0 fully saturated rings. The monoisotopic (exact) mass is 400 g/mol. The van der Waals surface area contributed by atoms with Gasteiger partial charge in [0.25, 0.3) is 11.6 Å². The van der Waals surface area contributed by atoms with Gasteiger partial charge >= 0.3 is 5.97 Å². The zero-order valence-electron chi connectivity index (χ0n) is 15.2. The maximum Gasteiger partial charge on any atom is 0.331 e. The third kappa shape index (κ3) is 5.01. The third-order valence-corrected chi connectivity index (χ3v) is 3.82. The summed E-state index contributed by atoms with van der Waals surface area (Å²) in [5.74, 6) is -0.230. The van der Waals surface area contributed by atoms with Gasteiger partial charge in [0, 0.05) is 17.8 Å². The molecule has 0 aliphatic carbocycles. The number of carbonyl (C=O) groups is 2. The molecule has 150 valence electrons. The first-order valence-corrected chi connectivity index (χ1v) is 8.33. The SMILES string of the molecule is COc1cccc(NC(=O)COC(=O)/C=C/c2cc3c(cc2[N+](=O)[O-])OCO3)c1. The van der Waals surface area contributed by atoms with Gasteiger partial charge in [-0.25, -0.2) is 4.79 Å². The molecule has 1 aliphatic heterocycles. The van der Waals surface area contributed by atoms with Crippen molar-refractivity contribution in [2.45, 2.75) is 0 Å². The lowest BCUT2D eigenvalue weighted by Gasteiger charge is -2.07. The fourth-order valence-electron chi connectivity index (χ4n) is 2.48. The molecule has 10 nitrogen and oxygen atoms in total. The molecule has 0 unspecified atom stereocenters. The Bertz CT molecular complexity index is 986. The van der Waals surface area contributed by atoms with E-state index < -0.39 is 23.4 Å². The molecule has 1 amide bonds. The van der Waals surface area contributed by atoms with E-state index in [1.54, 1.807) is 24.3 Å².